The minimum Gasteiger partial charge on any atom is -0.463 e. The number of hydrogen-bond acceptors (Lipinski definition) is 6. The first-order valence-electron chi connectivity index (χ1n) is 7.05. The number of hydrogen-bond donors (Lipinski definition) is 1. The zero-order valence-corrected chi connectivity index (χ0v) is 12.9. The molecule has 0 radical (unpaired) electrons. The zero-order valence-electron chi connectivity index (χ0n) is 12.1. The van der Waals surface area contributed by atoms with E-state index in [-0.39, 0.29) is 0 Å². The summed E-state index contributed by atoms with van der Waals surface area (Å²) in [5, 5.41) is 3.85. The van der Waals surface area contributed by atoms with Gasteiger partial charge in [-0.3, -0.25) is 0 Å². The number of nitrogens with one attached hydrogen (secondary N) is 1. The predicted molar refractivity (Wildman–Crippen MR) is 80.0 cm³/mol. The standard InChI is InChI=1S/C13H24N4OS/c1-4-7-8-10-19-13-16-11(14-6-3)15-12(17-13)18-9-5-2/h4-10H2,1-3H3,(H,14,15,16,17). The van der Waals surface area contributed by atoms with Crippen LogP contribution in [0.2, 0.25) is 0 Å². The van der Waals surface area contributed by atoms with E-state index in [4.69, 9.17) is 4.74 Å². The molecule has 0 aliphatic rings. The van der Waals surface area contributed by atoms with E-state index in [0.29, 0.717) is 18.6 Å². The Kier molecular flexibility index (Phi) is 8.29. The van der Waals surface area contributed by atoms with Crippen molar-refractivity contribution in [2.45, 2.75) is 51.6 Å². The molecule has 0 unspecified atom stereocenters. The van der Waals surface area contributed by atoms with Crippen LogP contribution in [0.3, 0.4) is 0 Å². The van der Waals surface area contributed by atoms with Crippen molar-refractivity contribution in [2.24, 2.45) is 0 Å². The first kappa shape index (κ1) is 16.0. The van der Waals surface area contributed by atoms with Gasteiger partial charge in [-0.25, -0.2) is 0 Å². The highest BCUT2D eigenvalue weighted by Gasteiger charge is 2.07. The van der Waals surface area contributed by atoms with Gasteiger partial charge in [0, 0.05) is 12.3 Å². The van der Waals surface area contributed by atoms with Gasteiger partial charge in [0.2, 0.25) is 5.95 Å². The largest absolute Gasteiger partial charge is 0.463 e. The van der Waals surface area contributed by atoms with Crippen molar-refractivity contribution >= 4 is 17.7 Å². The molecule has 1 N–H and O–H groups in total. The van der Waals surface area contributed by atoms with Crippen LogP contribution in [0.4, 0.5) is 5.95 Å². The number of aromatic nitrogens is 3. The van der Waals surface area contributed by atoms with E-state index in [9.17, 15) is 0 Å². The van der Waals surface area contributed by atoms with Crippen LogP contribution in [0.1, 0.15) is 46.5 Å². The lowest BCUT2D eigenvalue weighted by atomic mass is 10.3. The highest BCUT2D eigenvalue weighted by Crippen LogP contribution is 2.19. The Morgan fingerprint density at radius 3 is 2.58 bits per heavy atom. The molecule has 19 heavy (non-hydrogen) atoms. The quantitative estimate of drug-likeness (QED) is 0.525. The molecule has 0 spiro atoms. The van der Waals surface area contributed by atoms with Gasteiger partial charge in [0.1, 0.15) is 0 Å². The van der Waals surface area contributed by atoms with E-state index in [2.05, 4.69) is 34.1 Å². The Hall–Kier alpha value is -1.04. The normalized spacial score (nSPS) is 10.5. The molecule has 0 saturated carbocycles. The van der Waals surface area contributed by atoms with E-state index < -0.39 is 0 Å². The summed E-state index contributed by atoms with van der Waals surface area (Å²) < 4.78 is 5.49. The van der Waals surface area contributed by atoms with E-state index in [1.807, 2.05) is 6.92 Å². The third-order valence-corrected chi connectivity index (χ3v) is 3.28. The van der Waals surface area contributed by atoms with Gasteiger partial charge in [-0.2, -0.15) is 15.0 Å². The summed E-state index contributed by atoms with van der Waals surface area (Å²) >= 11 is 1.67. The molecule has 0 aliphatic heterocycles. The van der Waals surface area contributed by atoms with Gasteiger partial charge in [0.25, 0.3) is 0 Å². The van der Waals surface area contributed by atoms with Crippen molar-refractivity contribution in [3.8, 4) is 6.01 Å². The Morgan fingerprint density at radius 1 is 1.05 bits per heavy atom. The van der Waals surface area contributed by atoms with Crippen LogP contribution in [0.25, 0.3) is 0 Å². The van der Waals surface area contributed by atoms with Crippen molar-refractivity contribution < 1.29 is 4.74 Å². The van der Waals surface area contributed by atoms with Crippen LogP contribution < -0.4 is 10.1 Å². The average Bonchev–Trinajstić information content (AvgIpc) is 2.42. The smallest absolute Gasteiger partial charge is 0.322 e. The summed E-state index contributed by atoms with van der Waals surface area (Å²) in [4.78, 5) is 12.9. The maximum atomic E-state index is 5.49. The number of nitrogens with zero attached hydrogens (tertiary/aromatic N) is 3. The van der Waals surface area contributed by atoms with E-state index in [1.165, 1.54) is 19.3 Å². The Bertz CT molecular complexity index is 362. The number of anilines is 1. The van der Waals surface area contributed by atoms with Crippen LogP contribution in [0, 0.1) is 0 Å². The third kappa shape index (κ3) is 6.61. The van der Waals surface area contributed by atoms with Crippen LogP contribution >= 0.6 is 11.8 Å². The van der Waals surface area contributed by atoms with Crippen molar-refractivity contribution in [3.05, 3.63) is 0 Å². The minimum absolute atomic E-state index is 0.422. The molecule has 5 nitrogen and oxygen atoms in total. The molecule has 1 aromatic rings. The third-order valence-electron chi connectivity index (χ3n) is 2.34. The molecule has 6 heteroatoms. The molecular weight excluding hydrogens is 260 g/mol. The molecule has 1 rings (SSSR count). The van der Waals surface area contributed by atoms with Crippen molar-refractivity contribution in [1.29, 1.82) is 0 Å². The van der Waals surface area contributed by atoms with Gasteiger partial charge >= 0.3 is 6.01 Å². The summed E-state index contributed by atoms with van der Waals surface area (Å²) in [6.07, 6.45) is 4.61. The molecule has 1 aromatic heterocycles. The lowest BCUT2D eigenvalue weighted by molar-refractivity contribution is 0.288. The topological polar surface area (TPSA) is 59.9 Å². The SMILES string of the molecule is CCCCCSc1nc(NCC)nc(OCCC)n1. The minimum atomic E-state index is 0.422. The van der Waals surface area contributed by atoms with Crippen molar-refractivity contribution in [3.63, 3.8) is 0 Å². The van der Waals surface area contributed by atoms with Gasteiger partial charge in [-0.05, 0) is 19.8 Å². The fourth-order valence-corrected chi connectivity index (χ4v) is 2.24. The highest BCUT2D eigenvalue weighted by atomic mass is 32.2. The summed E-state index contributed by atoms with van der Waals surface area (Å²) in [6.45, 7) is 7.71. The Labute approximate surface area is 120 Å². The molecule has 108 valence electrons. The first-order valence-corrected chi connectivity index (χ1v) is 8.04. The zero-order chi connectivity index (χ0) is 13.9. The Balaban J connectivity index is 2.63. The lowest BCUT2D eigenvalue weighted by Crippen LogP contribution is -2.08. The molecule has 0 saturated heterocycles. The Morgan fingerprint density at radius 2 is 1.89 bits per heavy atom. The maximum Gasteiger partial charge on any atom is 0.322 e. The maximum absolute atomic E-state index is 5.49. The van der Waals surface area contributed by atoms with Gasteiger partial charge in [-0.15, -0.1) is 0 Å². The molecule has 0 atom stereocenters. The summed E-state index contributed by atoms with van der Waals surface area (Å²) in [5.41, 5.74) is 0. The second kappa shape index (κ2) is 9.83. The number of unbranched alkanes of at least 4 members (excludes halogenated alkanes) is 2. The average molecular weight is 284 g/mol. The van der Waals surface area contributed by atoms with Gasteiger partial charge in [0.05, 0.1) is 6.61 Å². The van der Waals surface area contributed by atoms with Crippen LogP contribution in [0.5, 0.6) is 6.01 Å². The number of ether oxygens (including phenoxy) is 1. The second-order valence-electron chi connectivity index (χ2n) is 4.16. The van der Waals surface area contributed by atoms with Crippen molar-refractivity contribution in [1.82, 2.24) is 15.0 Å². The van der Waals surface area contributed by atoms with Gasteiger partial charge < -0.3 is 10.1 Å². The molecular formula is C13H24N4OS. The van der Waals surface area contributed by atoms with Gasteiger partial charge in [0.15, 0.2) is 5.16 Å². The van der Waals surface area contributed by atoms with Gasteiger partial charge in [-0.1, -0.05) is 38.5 Å². The molecule has 0 fully saturated rings. The summed E-state index contributed by atoms with van der Waals surface area (Å²) in [5.74, 6) is 1.64. The first-order chi connectivity index (χ1) is 9.30. The fraction of sp³-hybridized carbons (Fsp3) is 0.769. The summed E-state index contributed by atoms with van der Waals surface area (Å²) in [6, 6.07) is 0.422. The highest BCUT2D eigenvalue weighted by molar-refractivity contribution is 7.99. The van der Waals surface area contributed by atoms with E-state index >= 15 is 0 Å². The lowest BCUT2D eigenvalue weighted by Gasteiger charge is -2.07. The van der Waals surface area contributed by atoms with E-state index in [1.54, 1.807) is 11.8 Å². The van der Waals surface area contributed by atoms with Crippen molar-refractivity contribution in [2.75, 3.05) is 24.2 Å². The molecule has 1 heterocycles. The summed E-state index contributed by atoms with van der Waals surface area (Å²) in [7, 11) is 0. The molecule has 0 amide bonds. The fourth-order valence-electron chi connectivity index (χ4n) is 1.41. The monoisotopic (exact) mass is 284 g/mol. The van der Waals surface area contributed by atoms with Crippen LogP contribution in [0.15, 0.2) is 5.16 Å². The molecule has 0 aliphatic carbocycles. The van der Waals surface area contributed by atoms with Crippen LogP contribution in [-0.2, 0) is 0 Å². The van der Waals surface area contributed by atoms with Crippen LogP contribution in [-0.4, -0.2) is 33.9 Å². The molecule has 0 aromatic carbocycles. The van der Waals surface area contributed by atoms with E-state index in [0.717, 1.165) is 23.9 Å². The number of thioether (sulfide) groups is 1. The molecule has 0 bridgehead atoms. The second-order valence-corrected chi connectivity index (χ2v) is 5.22. The number of rotatable bonds is 10. The predicted octanol–water partition coefficient (Wildman–Crippen LogP) is 3.37.